The summed E-state index contributed by atoms with van der Waals surface area (Å²) in [4.78, 5) is 42.2. The fraction of sp³-hybridized carbons (Fsp3) is 0.328. The first kappa shape index (κ1) is 61.0. The SMILES string of the molecule is C.C.CC(C)(C)[Si](C)(C)Oc1ccc([C@@H]2[C@@H](CCC(=O)c3ccc(F)cc3)C(=O)N2c2ccc(F)cc2)cc1.CCO.Cl.O=C1[C@H](CCC(O)c2ccc(F)cc2)[C@@H](c2ccc(O)cc2)N1c1ccc(F)cc1. The summed E-state index contributed by atoms with van der Waals surface area (Å²) in [5.41, 5.74) is 3.99. The standard InChI is InChI=1S/C30H33F2NO3Si.C24H21F2NO3.C2H6O.2CH4.ClH/c1-30(2,3)37(4,5)36-25-16-8-21(9-17-25)28-26(18-19-27(34)20-6-10-22(31)11-7-20)29(35)33(28)24-14-12-23(32)13-15-24;25-17-5-1-15(2-6-17)22(29)14-13-21-23(16-3-11-20(28)12-4-16)27(24(21)30)19-9-7-18(26)8-10-19;1-2-3;;;/h6-17,26,28H,18-19H2,1-5H3;1-12,21-23,28-29H,13-14H2;3H,2H2,1H3;2*1H4;1H/t26-,28-;21-,22?,23-;;;;/m11..../s1. The van der Waals surface area contributed by atoms with Gasteiger partial charge in [0.25, 0.3) is 0 Å². The van der Waals surface area contributed by atoms with Crippen LogP contribution in [0.4, 0.5) is 28.9 Å². The maximum absolute atomic E-state index is 13.6. The van der Waals surface area contributed by atoms with Crippen molar-refractivity contribution in [3.63, 3.8) is 0 Å². The molecule has 0 radical (unpaired) electrons. The Balaban J connectivity index is 0.000000358. The smallest absolute Gasteiger partial charge is 0.250 e. The number of amides is 2. The summed E-state index contributed by atoms with van der Waals surface area (Å²) < 4.78 is 59.6. The molecule has 3 N–H and O–H groups in total. The summed E-state index contributed by atoms with van der Waals surface area (Å²) in [7, 11) is -2.00. The van der Waals surface area contributed by atoms with E-state index in [9.17, 15) is 42.2 Å². The number of phenols is 1. The molecule has 2 amide bonds. The van der Waals surface area contributed by atoms with Crippen molar-refractivity contribution in [2.75, 3.05) is 16.4 Å². The van der Waals surface area contributed by atoms with E-state index in [4.69, 9.17) is 9.53 Å². The predicted octanol–water partition coefficient (Wildman–Crippen LogP) is 14.3. The molecule has 0 aliphatic carbocycles. The molecule has 2 aliphatic rings. The highest BCUT2D eigenvalue weighted by Gasteiger charge is 2.50. The number of halogens is 5. The molecule has 6 aromatic rings. The van der Waals surface area contributed by atoms with Crippen LogP contribution in [-0.4, -0.2) is 47.8 Å². The van der Waals surface area contributed by atoms with Crippen LogP contribution in [0, 0.1) is 35.1 Å². The van der Waals surface area contributed by atoms with Crippen LogP contribution in [0.5, 0.6) is 11.5 Å². The van der Waals surface area contributed by atoms with Gasteiger partial charge in [-0.15, -0.1) is 12.4 Å². The zero-order valence-corrected chi connectivity index (χ0v) is 42.4. The lowest BCUT2D eigenvalue weighted by molar-refractivity contribution is -0.131. The van der Waals surface area contributed by atoms with Crippen LogP contribution < -0.4 is 14.2 Å². The minimum absolute atomic E-state index is 0. The van der Waals surface area contributed by atoms with Crippen molar-refractivity contribution in [3.05, 3.63) is 191 Å². The molecule has 73 heavy (non-hydrogen) atoms. The van der Waals surface area contributed by atoms with Crippen molar-refractivity contribution in [2.24, 2.45) is 11.8 Å². The summed E-state index contributed by atoms with van der Waals surface area (Å²) in [5, 5.41) is 27.7. The number of nitrogens with zero attached hydrogens (tertiary/aromatic N) is 2. The van der Waals surface area contributed by atoms with Crippen molar-refractivity contribution in [2.45, 2.75) is 105 Å². The van der Waals surface area contributed by atoms with E-state index in [1.54, 1.807) is 65.3 Å². The molecular weight excluding hydrogens is 976 g/mol. The molecule has 8 rings (SSSR count). The summed E-state index contributed by atoms with van der Waals surface area (Å²) in [6.45, 7) is 12.9. The van der Waals surface area contributed by atoms with Crippen molar-refractivity contribution < 1.29 is 51.7 Å². The van der Waals surface area contributed by atoms with Gasteiger partial charge in [-0.3, -0.25) is 14.4 Å². The maximum Gasteiger partial charge on any atom is 0.250 e. The normalized spacial score (nSPS) is 17.3. The van der Waals surface area contributed by atoms with Crippen LogP contribution in [0.15, 0.2) is 146 Å². The second-order valence-corrected chi connectivity index (χ2v) is 23.6. The molecule has 2 saturated heterocycles. The van der Waals surface area contributed by atoms with Crippen molar-refractivity contribution in [1.82, 2.24) is 0 Å². The maximum atomic E-state index is 13.6. The Morgan fingerprint density at radius 3 is 1.41 bits per heavy atom. The van der Waals surface area contributed by atoms with E-state index < -0.39 is 26.2 Å². The number of ketones is 1. The van der Waals surface area contributed by atoms with Gasteiger partial charge in [-0.05, 0) is 170 Å². The molecule has 1 unspecified atom stereocenters. The Bertz CT molecular complexity index is 2690. The van der Waals surface area contributed by atoms with Gasteiger partial charge < -0.3 is 29.5 Å². The van der Waals surface area contributed by atoms with E-state index in [1.165, 1.54) is 72.8 Å². The van der Waals surface area contributed by atoms with Gasteiger partial charge in [0.05, 0.1) is 30.0 Å². The first-order chi connectivity index (χ1) is 33.2. The Kier molecular flexibility index (Phi) is 22.2. The third-order valence-electron chi connectivity index (χ3n) is 13.1. The summed E-state index contributed by atoms with van der Waals surface area (Å²) >= 11 is 0. The Morgan fingerprint density at radius 1 is 0.630 bits per heavy atom. The summed E-state index contributed by atoms with van der Waals surface area (Å²) in [6, 6.07) is 36.5. The van der Waals surface area contributed by atoms with E-state index in [0.717, 1.165) is 16.9 Å². The third-order valence-corrected chi connectivity index (χ3v) is 17.5. The molecule has 15 heteroatoms. The first-order valence-corrected chi connectivity index (χ1v) is 26.2. The molecule has 5 atom stereocenters. The molecule has 2 fully saturated rings. The highest BCUT2D eigenvalue weighted by atomic mass is 35.5. The van der Waals surface area contributed by atoms with E-state index in [2.05, 4.69) is 33.9 Å². The fourth-order valence-corrected chi connectivity index (χ4v) is 9.34. The van der Waals surface area contributed by atoms with Gasteiger partial charge in [-0.25, -0.2) is 17.6 Å². The van der Waals surface area contributed by atoms with E-state index in [1.807, 2.05) is 24.3 Å². The Morgan fingerprint density at radius 2 is 1.00 bits per heavy atom. The number of hydrogen-bond donors (Lipinski definition) is 3. The van der Waals surface area contributed by atoms with Crippen molar-refractivity contribution >= 4 is 49.7 Å². The third kappa shape index (κ3) is 14.9. The lowest BCUT2D eigenvalue weighted by Crippen LogP contribution is -2.55. The fourth-order valence-electron chi connectivity index (χ4n) is 8.31. The predicted molar refractivity (Wildman–Crippen MR) is 287 cm³/mol. The number of rotatable bonds is 14. The molecule has 0 aromatic heterocycles. The van der Waals surface area contributed by atoms with Crippen LogP contribution in [-0.2, 0) is 9.59 Å². The van der Waals surface area contributed by atoms with E-state index in [0.29, 0.717) is 41.8 Å². The van der Waals surface area contributed by atoms with E-state index >= 15 is 0 Å². The van der Waals surface area contributed by atoms with Crippen LogP contribution in [0.3, 0.4) is 0 Å². The van der Waals surface area contributed by atoms with Gasteiger partial charge in [-0.2, -0.15) is 0 Å². The van der Waals surface area contributed by atoms with Gasteiger partial charge in [0.2, 0.25) is 20.1 Å². The highest BCUT2D eigenvalue weighted by molar-refractivity contribution is 6.74. The number of benzene rings is 6. The molecular formula is C58H69ClF4N2O7Si. The number of anilines is 2. The molecule has 0 spiro atoms. The number of carbonyl (C=O) groups is 3. The van der Waals surface area contributed by atoms with Crippen LogP contribution in [0.25, 0.3) is 0 Å². The van der Waals surface area contributed by atoms with Gasteiger partial charge >= 0.3 is 0 Å². The average Bonchev–Trinajstić information content (AvgIpc) is 3.32. The van der Waals surface area contributed by atoms with Crippen molar-refractivity contribution in [1.29, 1.82) is 0 Å². The number of aromatic hydroxyl groups is 1. The number of carbonyl (C=O) groups excluding carboxylic acids is 3. The quantitative estimate of drug-likeness (QED) is 0.0429. The highest BCUT2D eigenvalue weighted by Crippen LogP contribution is 2.48. The Labute approximate surface area is 435 Å². The lowest BCUT2D eigenvalue weighted by atomic mass is 9.78. The second-order valence-electron chi connectivity index (χ2n) is 18.9. The summed E-state index contributed by atoms with van der Waals surface area (Å²) in [6.07, 6.45) is 0.495. The lowest BCUT2D eigenvalue weighted by Gasteiger charge is -2.48. The van der Waals surface area contributed by atoms with Crippen LogP contribution in [0.2, 0.25) is 18.1 Å². The summed E-state index contributed by atoms with van der Waals surface area (Å²) in [5.74, 6) is -1.73. The molecule has 2 heterocycles. The minimum Gasteiger partial charge on any atom is -0.544 e. The monoisotopic (exact) mass is 1040 g/mol. The molecule has 9 nitrogen and oxygen atoms in total. The Hall–Kier alpha value is -6.32. The van der Waals surface area contributed by atoms with Gasteiger partial charge in [0.15, 0.2) is 5.78 Å². The van der Waals surface area contributed by atoms with Gasteiger partial charge in [0, 0.05) is 30.0 Å². The molecule has 0 bridgehead atoms. The van der Waals surface area contributed by atoms with Crippen molar-refractivity contribution in [3.8, 4) is 11.5 Å². The minimum atomic E-state index is -2.00. The zero-order chi connectivity index (χ0) is 50.9. The number of β-lactam (4-membered cyclic amide) rings is 2. The topological polar surface area (TPSA) is 128 Å². The molecule has 0 saturated carbocycles. The second kappa shape index (κ2) is 26.6. The number of hydrogen-bond acceptors (Lipinski definition) is 7. The average molecular weight is 1050 g/mol. The van der Waals surface area contributed by atoms with Gasteiger partial charge in [-0.1, -0.05) is 72.0 Å². The number of aliphatic hydroxyl groups is 2. The first-order valence-electron chi connectivity index (χ1n) is 23.3. The number of Topliss-reactive ketones (excluding diaryl/α,β-unsaturated/α-hetero) is 1. The largest absolute Gasteiger partial charge is 0.544 e. The van der Waals surface area contributed by atoms with Crippen LogP contribution >= 0.6 is 12.4 Å². The molecule has 392 valence electrons. The molecule has 2 aliphatic heterocycles. The number of phenolic OH excluding ortho intramolecular Hbond substituents is 1. The number of aliphatic hydroxyl groups excluding tert-OH is 2. The molecule has 6 aromatic carbocycles. The van der Waals surface area contributed by atoms with E-state index in [-0.39, 0.29) is 104 Å². The van der Waals surface area contributed by atoms with Gasteiger partial charge in [0.1, 0.15) is 34.8 Å². The van der Waals surface area contributed by atoms with Crippen LogP contribution in [0.1, 0.15) is 113 Å². The zero-order valence-electron chi connectivity index (χ0n) is 40.6.